The highest BCUT2D eigenvalue weighted by atomic mass is 32.1. The molecule has 0 spiro atoms. The van der Waals surface area contributed by atoms with Crippen molar-refractivity contribution in [1.29, 1.82) is 0 Å². The molecule has 3 heterocycles. The molecule has 0 fully saturated rings. The molecule has 7 nitrogen and oxygen atoms in total. The van der Waals surface area contributed by atoms with E-state index in [1.165, 1.54) is 15.9 Å². The minimum absolute atomic E-state index is 0.226. The molecule has 3 aromatic heterocycles. The van der Waals surface area contributed by atoms with Gasteiger partial charge in [-0.3, -0.25) is 4.79 Å². The van der Waals surface area contributed by atoms with E-state index in [9.17, 15) is 4.79 Å². The first-order chi connectivity index (χ1) is 12.2. The van der Waals surface area contributed by atoms with Gasteiger partial charge < -0.3 is 13.9 Å². The number of furan rings is 1. The predicted molar refractivity (Wildman–Crippen MR) is 93.2 cm³/mol. The number of methoxy groups -OCH3 is 2. The maximum Gasteiger partial charge on any atom is 0.291 e. The predicted octanol–water partition coefficient (Wildman–Crippen LogP) is 1.98. The topological polar surface area (TPSA) is 78.9 Å². The summed E-state index contributed by atoms with van der Waals surface area (Å²) >= 11 is 1.26. The summed E-state index contributed by atoms with van der Waals surface area (Å²) in [5, 5.41) is 4.32. The van der Waals surface area contributed by atoms with Crippen molar-refractivity contribution in [2.45, 2.75) is 0 Å². The van der Waals surface area contributed by atoms with Crippen LogP contribution in [0.2, 0.25) is 0 Å². The van der Waals surface area contributed by atoms with Crippen LogP contribution in [0.3, 0.4) is 0 Å². The summed E-state index contributed by atoms with van der Waals surface area (Å²) in [5.74, 6) is 2.26. The number of fused-ring (bicyclic) bond motifs is 1. The standard InChI is InChI=1S/C17H13N3O4S/c1-22-12-6-5-10(8-13(12)23-2)15-18-17-20(19-15)16(21)14(25-17)9-11-4-3-7-24-11/h3-9H,1-2H3/b14-9-. The van der Waals surface area contributed by atoms with Crippen LogP contribution in [-0.2, 0) is 0 Å². The third kappa shape index (κ3) is 2.66. The summed E-state index contributed by atoms with van der Waals surface area (Å²) < 4.78 is 17.6. The van der Waals surface area contributed by atoms with Gasteiger partial charge in [-0.05, 0) is 30.3 Å². The number of aromatic nitrogens is 3. The van der Waals surface area contributed by atoms with E-state index in [2.05, 4.69) is 10.1 Å². The zero-order chi connectivity index (χ0) is 17.4. The van der Waals surface area contributed by atoms with Gasteiger partial charge in [-0.2, -0.15) is 9.50 Å². The molecule has 126 valence electrons. The summed E-state index contributed by atoms with van der Waals surface area (Å²) in [5.41, 5.74) is 0.514. The molecule has 0 bridgehead atoms. The third-order valence-corrected chi connectivity index (χ3v) is 4.60. The quantitative estimate of drug-likeness (QED) is 0.557. The van der Waals surface area contributed by atoms with Crippen LogP contribution in [0.5, 0.6) is 11.5 Å². The van der Waals surface area contributed by atoms with Crippen LogP contribution >= 0.6 is 11.3 Å². The Morgan fingerprint density at radius 3 is 2.72 bits per heavy atom. The van der Waals surface area contributed by atoms with E-state index < -0.39 is 0 Å². The van der Waals surface area contributed by atoms with Crippen molar-refractivity contribution >= 4 is 22.4 Å². The average Bonchev–Trinajstić information content (AvgIpc) is 3.34. The maximum atomic E-state index is 12.5. The molecule has 0 aliphatic rings. The van der Waals surface area contributed by atoms with E-state index in [4.69, 9.17) is 13.9 Å². The first-order valence-electron chi connectivity index (χ1n) is 7.37. The van der Waals surface area contributed by atoms with Crippen molar-refractivity contribution in [3.8, 4) is 22.9 Å². The van der Waals surface area contributed by atoms with Crippen molar-refractivity contribution in [1.82, 2.24) is 14.6 Å². The van der Waals surface area contributed by atoms with Crippen LogP contribution < -0.4 is 19.6 Å². The number of nitrogens with zero attached hydrogens (tertiary/aromatic N) is 3. The van der Waals surface area contributed by atoms with E-state index in [0.717, 1.165) is 5.56 Å². The first-order valence-corrected chi connectivity index (χ1v) is 8.18. The van der Waals surface area contributed by atoms with Crippen LogP contribution in [0, 0.1) is 0 Å². The molecule has 0 N–H and O–H groups in total. The lowest BCUT2D eigenvalue weighted by Crippen LogP contribution is -2.23. The molecule has 0 saturated carbocycles. The molecule has 25 heavy (non-hydrogen) atoms. The fourth-order valence-corrected chi connectivity index (χ4v) is 3.32. The van der Waals surface area contributed by atoms with Gasteiger partial charge >= 0.3 is 0 Å². The minimum Gasteiger partial charge on any atom is -0.493 e. The first kappa shape index (κ1) is 15.4. The average molecular weight is 355 g/mol. The molecule has 0 unspecified atom stereocenters. The monoisotopic (exact) mass is 355 g/mol. The van der Waals surface area contributed by atoms with Gasteiger partial charge in [0.15, 0.2) is 17.3 Å². The van der Waals surface area contributed by atoms with Crippen LogP contribution in [0.4, 0.5) is 0 Å². The molecule has 0 saturated heterocycles. The highest BCUT2D eigenvalue weighted by molar-refractivity contribution is 7.15. The minimum atomic E-state index is -0.226. The molecule has 0 aliphatic carbocycles. The lowest BCUT2D eigenvalue weighted by Gasteiger charge is -2.07. The summed E-state index contributed by atoms with van der Waals surface area (Å²) in [6, 6.07) is 8.92. The second kappa shape index (κ2) is 6.06. The number of rotatable bonds is 4. The van der Waals surface area contributed by atoms with E-state index in [0.29, 0.717) is 32.6 Å². The molecular weight excluding hydrogens is 342 g/mol. The van der Waals surface area contributed by atoms with Crippen LogP contribution in [0.15, 0.2) is 45.8 Å². The molecule has 0 radical (unpaired) electrons. The Kier molecular flexibility index (Phi) is 3.73. The largest absolute Gasteiger partial charge is 0.493 e. The van der Waals surface area contributed by atoms with Gasteiger partial charge in [0.1, 0.15) is 10.3 Å². The van der Waals surface area contributed by atoms with Crippen molar-refractivity contribution in [3.05, 3.63) is 57.2 Å². The molecule has 0 atom stereocenters. The molecule has 1 aromatic carbocycles. The highest BCUT2D eigenvalue weighted by Crippen LogP contribution is 2.31. The molecule has 4 rings (SSSR count). The fourth-order valence-electron chi connectivity index (χ4n) is 2.43. The summed E-state index contributed by atoms with van der Waals surface area (Å²) in [6.45, 7) is 0. The smallest absolute Gasteiger partial charge is 0.291 e. The van der Waals surface area contributed by atoms with Gasteiger partial charge in [-0.15, -0.1) is 5.10 Å². The Bertz CT molecular complexity index is 1140. The van der Waals surface area contributed by atoms with Gasteiger partial charge in [0.25, 0.3) is 5.56 Å². The van der Waals surface area contributed by atoms with Crippen LogP contribution in [-0.4, -0.2) is 28.8 Å². The number of hydrogen-bond acceptors (Lipinski definition) is 7. The SMILES string of the molecule is COc1ccc(-c2nc3s/c(=C\c4ccco4)c(=O)n3n2)cc1OC. The lowest BCUT2D eigenvalue weighted by atomic mass is 10.2. The second-order valence-corrected chi connectivity index (χ2v) is 6.14. The van der Waals surface area contributed by atoms with Gasteiger partial charge in [0, 0.05) is 11.6 Å². The Morgan fingerprint density at radius 2 is 2.04 bits per heavy atom. The fraction of sp³-hybridized carbons (Fsp3) is 0.118. The van der Waals surface area contributed by atoms with E-state index >= 15 is 0 Å². The summed E-state index contributed by atoms with van der Waals surface area (Å²) in [7, 11) is 3.14. The molecular formula is C17H13N3O4S. The van der Waals surface area contributed by atoms with E-state index in [-0.39, 0.29) is 5.56 Å². The van der Waals surface area contributed by atoms with Gasteiger partial charge in [0.05, 0.1) is 20.5 Å². The highest BCUT2D eigenvalue weighted by Gasteiger charge is 2.14. The van der Waals surface area contributed by atoms with Gasteiger partial charge in [0.2, 0.25) is 4.96 Å². The number of thiazole rings is 1. The Balaban J connectivity index is 1.80. The molecule has 4 aromatic rings. The zero-order valence-corrected chi connectivity index (χ0v) is 14.2. The molecule has 8 heteroatoms. The Morgan fingerprint density at radius 1 is 1.20 bits per heavy atom. The molecule has 0 amide bonds. The van der Waals surface area contributed by atoms with Crippen molar-refractivity contribution in [2.75, 3.05) is 14.2 Å². The van der Waals surface area contributed by atoms with E-state index in [1.807, 2.05) is 6.07 Å². The Labute approximate surface area is 145 Å². The second-order valence-electron chi connectivity index (χ2n) is 5.13. The Hall–Kier alpha value is -3.13. The molecule has 0 aliphatic heterocycles. The van der Waals surface area contributed by atoms with E-state index in [1.54, 1.807) is 50.8 Å². The number of ether oxygens (including phenoxy) is 2. The van der Waals surface area contributed by atoms with Gasteiger partial charge in [-0.1, -0.05) is 11.3 Å². The number of benzene rings is 1. The van der Waals surface area contributed by atoms with Crippen molar-refractivity contribution in [3.63, 3.8) is 0 Å². The zero-order valence-electron chi connectivity index (χ0n) is 13.4. The van der Waals surface area contributed by atoms with Crippen LogP contribution in [0.25, 0.3) is 22.4 Å². The van der Waals surface area contributed by atoms with Crippen molar-refractivity contribution < 1.29 is 13.9 Å². The summed E-state index contributed by atoms with van der Waals surface area (Å²) in [6.07, 6.45) is 3.24. The number of hydrogen-bond donors (Lipinski definition) is 0. The summed E-state index contributed by atoms with van der Waals surface area (Å²) in [4.78, 5) is 17.4. The normalized spacial score (nSPS) is 12.0. The van der Waals surface area contributed by atoms with Gasteiger partial charge in [-0.25, -0.2) is 0 Å². The lowest BCUT2D eigenvalue weighted by molar-refractivity contribution is 0.355. The van der Waals surface area contributed by atoms with Crippen molar-refractivity contribution in [2.24, 2.45) is 0 Å². The maximum absolute atomic E-state index is 12.5. The van der Waals surface area contributed by atoms with Crippen LogP contribution in [0.1, 0.15) is 5.76 Å². The third-order valence-electron chi connectivity index (χ3n) is 3.64.